The van der Waals surface area contributed by atoms with E-state index in [1.807, 2.05) is 0 Å². The highest BCUT2D eigenvalue weighted by molar-refractivity contribution is 4.76. The summed E-state index contributed by atoms with van der Waals surface area (Å²) < 4.78 is 0. The first-order valence-corrected chi connectivity index (χ1v) is 8.18. The van der Waals surface area contributed by atoms with E-state index in [2.05, 4.69) is 13.8 Å². The molecule has 116 valence electrons. The molecule has 3 heteroatoms. The molecule has 0 bridgehead atoms. The van der Waals surface area contributed by atoms with Crippen LogP contribution in [0.25, 0.3) is 0 Å². The molecule has 0 aromatic heterocycles. The van der Waals surface area contributed by atoms with Crippen LogP contribution in [0.1, 0.15) is 78.1 Å². The summed E-state index contributed by atoms with van der Waals surface area (Å²) in [6, 6.07) is -0.293. The van der Waals surface area contributed by atoms with Gasteiger partial charge in [0.25, 0.3) is 0 Å². The number of hydrogen-bond acceptors (Lipinski definition) is 3. The second-order valence-corrected chi connectivity index (χ2v) is 5.92. The first kappa shape index (κ1) is 18.9. The zero-order chi connectivity index (χ0) is 14.5. The molecule has 0 heterocycles. The van der Waals surface area contributed by atoms with Crippen LogP contribution in [0.5, 0.6) is 0 Å². The van der Waals surface area contributed by atoms with Crippen molar-refractivity contribution in [1.82, 2.24) is 0 Å². The van der Waals surface area contributed by atoms with E-state index in [9.17, 15) is 5.11 Å². The zero-order valence-electron chi connectivity index (χ0n) is 13.0. The summed E-state index contributed by atoms with van der Waals surface area (Å²) in [5, 5.41) is 18.3. The molecule has 0 fully saturated rings. The van der Waals surface area contributed by atoms with Gasteiger partial charge < -0.3 is 15.9 Å². The van der Waals surface area contributed by atoms with Crippen LogP contribution in [0.4, 0.5) is 0 Å². The van der Waals surface area contributed by atoms with Crippen molar-refractivity contribution >= 4 is 0 Å². The minimum absolute atomic E-state index is 0.233. The van der Waals surface area contributed by atoms with Crippen molar-refractivity contribution in [3.63, 3.8) is 0 Å². The third-order valence-electron chi connectivity index (χ3n) is 4.05. The highest BCUT2D eigenvalue weighted by Gasteiger charge is 2.19. The second-order valence-electron chi connectivity index (χ2n) is 5.92. The van der Waals surface area contributed by atoms with Crippen molar-refractivity contribution in [2.45, 2.75) is 90.2 Å². The third kappa shape index (κ3) is 10.3. The first-order chi connectivity index (χ1) is 9.13. The molecule has 0 saturated heterocycles. The molecule has 0 aromatic carbocycles. The first-order valence-electron chi connectivity index (χ1n) is 8.18. The van der Waals surface area contributed by atoms with Crippen molar-refractivity contribution < 1.29 is 10.2 Å². The third-order valence-corrected chi connectivity index (χ3v) is 4.05. The smallest absolute Gasteiger partial charge is 0.0923 e. The highest BCUT2D eigenvalue weighted by atomic mass is 16.3. The lowest BCUT2D eigenvalue weighted by Gasteiger charge is -2.23. The lowest BCUT2D eigenvalue weighted by atomic mass is 9.92. The normalized spacial score (nSPS) is 16.3. The van der Waals surface area contributed by atoms with E-state index in [1.54, 1.807) is 0 Å². The van der Waals surface area contributed by atoms with E-state index in [4.69, 9.17) is 10.8 Å². The molecule has 3 unspecified atom stereocenters. The van der Waals surface area contributed by atoms with Crippen LogP contribution >= 0.6 is 0 Å². The van der Waals surface area contributed by atoms with Crippen LogP contribution in [-0.4, -0.2) is 29.0 Å². The number of aliphatic hydroxyl groups is 2. The standard InChI is InChI=1S/C16H35NO2/c1-3-4-5-6-7-8-9-10-11-12-14(2)16(17)15(19)13-18/h14-16,18-19H,3-13,17H2,1-2H3. The molecule has 0 aliphatic carbocycles. The Labute approximate surface area is 119 Å². The summed E-state index contributed by atoms with van der Waals surface area (Å²) in [5.74, 6) is 0.284. The van der Waals surface area contributed by atoms with Gasteiger partial charge in [0.05, 0.1) is 12.7 Å². The maximum atomic E-state index is 9.47. The van der Waals surface area contributed by atoms with E-state index in [0.29, 0.717) is 0 Å². The molecule has 3 atom stereocenters. The van der Waals surface area contributed by atoms with Crippen molar-refractivity contribution in [2.75, 3.05) is 6.61 Å². The Hall–Kier alpha value is -0.120. The van der Waals surface area contributed by atoms with Gasteiger partial charge in [0, 0.05) is 6.04 Å². The Morgan fingerprint density at radius 1 is 0.895 bits per heavy atom. The predicted octanol–water partition coefficient (Wildman–Crippen LogP) is 3.22. The zero-order valence-corrected chi connectivity index (χ0v) is 13.0. The van der Waals surface area contributed by atoms with E-state index in [1.165, 1.54) is 57.8 Å². The van der Waals surface area contributed by atoms with Crippen LogP contribution in [-0.2, 0) is 0 Å². The van der Waals surface area contributed by atoms with Crippen molar-refractivity contribution in [2.24, 2.45) is 11.7 Å². The topological polar surface area (TPSA) is 66.5 Å². The Morgan fingerprint density at radius 3 is 1.84 bits per heavy atom. The SMILES string of the molecule is CCCCCCCCCCCC(C)C(N)C(O)CO. The van der Waals surface area contributed by atoms with E-state index in [-0.39, 0.29) is 18.6 Å². The average molecular weight is 273 g/mol. The van der Waals surface area contributed by atoms with Crippen LogP contribution < -0.4 is 5.73 Å². The van der Waals surface area contributed by atoms with E-state index >= 15 is 0 Å². The van der Waals surface area contributed by atoms with Crippen molar-refractivity contribution in [1.29, 1.82) is 0 Å². The maximum absolute atomic E-state index is 9.47. The highest BCUT2D eigenvalue weighted by Crippen LogP contribution is 2.16. The minimum atomic E-state index is -0.770. The molecule has 0 spiro atoms. The monoisotopic (exact) mass is 273 g/mol. The quantitative estimate of drug-likeness (QED) is 0.451. The number of aliphatic hydroxyl groups excluding tert-OH is 2. The van der Waals surface area contributed by atoms with Gasteiger partial charge in [0.2, 0.25) is 0 Å². The molecular formula is C16H35NO2. The fraction of sp³-hybridized carbons (Fsp3) is 1.00. The van der Waals surface area contributed by atoms with Crippen LogP contribution in [0.2, 0.25) is 0 Å². The number of hydrogen-bond donors (Lipinski definition) is 3. The van der Waals surface area contributed by atoms with Crippen LogP contribution in [0.3, 0.4) is 0 Å². The molecule has 0 amide bonds. The fourth-order valence-electron chi connectivity index (χ4n) is 2.47. The molecule has 0 saturated carbocycles. The van der Waals surface area contributed by atoms with Crippen molar-refractivity contribution in [3.8, 4) is 0 Å². The molecule has 0 rings (SSSR count). The van der Waals surface area contributed by atoms with E-state index < -0.39 is 6.10 Å². The van der Waals surface area contributed by atoms with Gasteiger partial charge in [-0.05, 0) is 12.3 Å². The molecule has 0 aliphatic heterocycles. The van der Waals surface area contributed by atoms with Gasteiger partial charge in [-0.25, -0.2) is 0 Å². The van der Waals surface area contributed by atoms with Gasteiger partial charge in [-0.15, -0.1) is 0 Å². The Kier molecular flexibility index (Phi) is 12.8. The van der Waals surface area contributed by atoms with Gasteiger partial charge >= 0.3 is 0 Å². The van der Waals surface area contributed by atoms with Gasteiger partial charge in [-0.2, -0.15) is 0 Å². The summed E-state index contributed by atoms with van der Waals surface area (Å²) in [4.78, 5) is 0. The summed E-state index contributed by atoms with van der Waals surface area (Å²) in [6.07, 6.45) is 12.2. The Morgan fingerprint density at radius 2 is 1.37 bits per heavy atom. The molecule has 0 radical (unpaired) electrons. The fourth-order valence-corrected chi connectivity index (χ4v) is 2.47. The second kappa shape index (κ2) is 12.9. The number of unbranched alkanes of at least 4 members (excludes halogenated alkanes) is 8. The van der Waals surface area contributed by atoms with Gasteiger partial charge in [0.15, 0.2) is 0 Å². The summed E-state index contributed by atoms with van der Waals surface area (Å²) in [5.41, 5.74) is 5.87. The lowest BCUT2D eigenvalue weighted by molar-refractivity contribution is 0.0572. The minimum Gasteiger partial charge on any atom is -0.394 e. The summed E-state index contributed by atoms with van der Waals surface area (Å²) >= 11 is 0. The molecule has 0 aromatic rings. The Bertz CT molecular complexity index is 188. The molecule has 0 aliphatic rings. The maximum Gasteiger partial charge on any atom is 0.0923 e. The van der Waals surface area contributed by atoms with Crippen LogP contribution in [0.15, 0.2) is 0 Å². The predicted molar refractivity (Wildman–Crippen MR) is 82.1 cm³/mol. The van der Waals surface area contributed by atoms with Gasteiger partial charge in [-0.3, -0.25) is 0 Å². The molecular weight excluding hydrogens is 238 g/mol. The van der Waals surface area contributed by atoms with Gasteiger partial charge in [0.1, 0.15) is 0 Å². The van der Waals surface area contributed by atoms with Crippen LogP contribution in [0, 0.1) is 5.92 Å². The van der Waals surface area contributed by atoms with E-state index in [0.717, 1.165) is 6.42 Å². The molecule has 4 N–H and O–H groups in total. The largest absolute Gasteiger partial charge is 0.394 e. The Balaban J connectivity index is 3.34. The van der Waals surface area contributed by atoms with Gasteiger partial charge in [-0.1, -0.05) is 71.6 Å². The number of rotatable bonds is 13. The molecule has 3 nitrogen and oxygen atoms in total. The summed E-state index contributed by atoms with van der Waals surface area (Å²) in [6.45, 7) is 4.08. The molecule has 19 heavy (non-hydrogen) atoms. The summed E-state index contributed by atoms with van der Waals surface area (Å²) in [7, 11) is 0. The number of nitrogens with two attached hydrogens (primary N) is 1. The lowest BCUT2D eigenvalue weighted by Crippen LogP contribution is -2.42. The van der Waals surface area contributed by atoms with Crippen molar-refractivity contribution in [3.05, 3.63) is 0 Å². The average Bonchev–Trinajstić information content (AvgIpc) is 2.43.